The SMILES string of the molecule is Cc1cnc(CN2CCC[C@@H]2c2nncn2C)o1. The van der Waals surface area contributed by atoms with E-state index < -0.39 is 0 Å². The minimum Gasteiger partial charge on any atom is -0.445 e. The zero-order valence-electron chi connectivity index (χ0n) is 10.7. The third-order valence-corrected chi connectivity index (χ3v) is 3.42. The number of aryl methyl sites for hydroxylation is 2. The first-order valence-electron chi connectivity index (χ1n) is 6.23. The Morgan fingerprint density at radius 1 is 1.50 bits per heavy atom. The number of nitrogens with zero attached hydrogens (tertiary/aromatic N) is 5. The van der Waals surface area contributed by atoms with E-state index >= 15 is 0 Å². The van der Waals surface area contributed by atoms with Crippen LogP contribution in [0.5, 0.6) is 0 Å². The standard InChI is InChI=1S/C12H17N5O/c1-9-6-13-11(18-9)7-17-5-3-4-10(17)12-15-14-8-16(12)2/h6,8,10H,3-5,7H2,1-2H3/t10-/m1/s1. The molecule has 3 heterocycles. The molecule has 2 aromatic rings. The van der Waals surface area contributed by atoms with Crippen LogP contribution in [0.1, 0.15) is 36.4 Å². The Morgan fingerprint density at radius 2 is 2.39 bits per heavy atom. The summed E-state index contributed by atoms with van der Waals surface area (Å²) in [4.78, 5) is 6.62. The second-order valence-electron chi connectivity index (χ2n) is 4.79. The smallest absolute Gasteiger partial charge is 0.208 e. The Bertz CT molecular complexity index is 532. The van der Waals surface area contributed by atoms with E-state index in [0.29, 0.717) is 6.04 Å². The van der Waals surface area contributed by atoms with Crippen molar-refractivity contribution in [3.63, 3.8) is 0 Å². The molecule has 0 aromatic carbocycles. The quantitative estimate of drug-likeness (QED) is 0.821. The Labute approximate surface area is 106 Å². The lowest BCUT2D eigenvalue weighted by molar-refractivity contribution is 0.212. The normalized spacial score (nSPS) is 20.7. The minimum atomic E-state index is 0.324. The molecular formula is C12H17N5O. The summed E-state index contributed by atoms with van der Waals surface area (Å²) in [5, 5.41) is 8.17. The van der Waals surface area contributed by atoms with E-state index in [4.69, 9.17) is 4.42 Å². The fourth-order valence-electron chi connectivity index (χ4n) is 2.55. The Morgan fingerprint density at radius 3 is 3.06 bits per heavy atom. The van der Waals surface area contributed by atoms with Crippen molar-refractivity contribution in [3.05, 3.63) is 30.0 Å². The van der Waals surface area contributed by atoms with Crippen molar-refractivity contribution < 1.29 is 4.42 Å². The third kappa shape index (κ3) is 2.03. The molecule has 1 fully saturated rings. The molecule has 96 valence electrons. The Balaban J connectivity index is 1.77. The van der Waals surface area contributed by atoms with Crippen molar-refractivity contribution in [1.82, 2.24) is 24.6 Å². The highest BCUT2D eigenvalue weighted by atomic mass is 16.4. The van der Waals surface area contributed by atoms with Gasteiger partial charge >= 0.3 is 0 Å². The molecule has 2 aromatic heterocycles. The van der Waals surface area contributed by atoms with Crippen molar-refractivity contribution in [2.75, 3.05) is 6.54 Å². The highest BCUT2D eigenvalue weighted by molar-refractivity contribution is 5.00. The van der Waals surface area contributed by atoms with E-state index in [0.717, 1.165) is 37.0 Å². The highest BCUT2D eigenvalue weighted by Gasteiger charge is 2.30. The van der Waals surface area contributed by atoms with E-state index in [1.165, 1.54) is 6.42 Å². The van der Waals surface area contributed by atoms with E-state index in [9.17, 15) is 0 Å². The molecule has 0 radical (unpaired) electrons. The molecule has 18 heavy (non-hydrogen) atoms. The van der Waals surface area contributed by atoms with Gasteiger partial charge in [0.15, 0.2) is 0 Å². The van der Waals surface area contributed by atoms with Crippen molar-refractivity contribution in [2.24, 2.45) is 7.05 Å². The van der Waals surface area contributed by atoms with Gasteiger partial charge in [-0.05, 0) is 26.3 Å². The lowest BCUT2D eigenvalue weighted by atomic mass is 10.2. The summed E-state index contributed by atoms with van der Waals surface area (Å²) in [7, 11) is 1.99. The average Bonchev–Trinajstić information content (AvgIpc) is 3.02. The topological polar surface area (TPSA) is 60.0 Å². The molecule has 6 nitrogen and oxygen atoms in total. The summed E-state index contributed by atoms with van der Waals surface area (Å²) in [5.74, 6) is 2.66. The maximum Gasteiger partial charge on any atom is 0.208 e. The van der Waals surface area contributed by atoms with Crippen LogP contribution in [0.2, 0.25) is 0 Å². The summed E-state index contributed by atoms with van der Waals surface area (Å²) in [5.41, 5.74) is 0. The van der Waals surface area contributed by atoms with Gasteiger partial charge in [-0.1, -0.05) is 0 Å². The van der Waals surface area contributed by atoms with Crippen LogP contribution in [0.4, 0.5) is 0 Å². The maximum absolute atomic E-state index is 5.55. The fraction of sp³-hybridized carbons (Fsp3) is 0.583. The molecule has 0 bridgehead atoms. The van der Waals surface area contributed by atoms with Gasteiger partial charge in [-0.3, -0.25) is 4.90 Å². The van der Waals surface area contributed by atoms with Crippen LogP contribution in [0.3, 0.4) is 0 Å². The van der Waals surface area contributed by atoms with Crippen LogP contribution >= 0.6 is 0 Å². The molecule has 6 heteroatoms. The molecule has 0 amide bonds. The summed E-state index contributed by atoms with van der Waals surface area (Å²) in [6, 6.07) is 0.324. The van der Waals surface area contributed by atoms with E-state index in [2.05, 4.69) is 20.1 Å². The molecule has 1 saturated heterocycles. The van der Waals surface area contributed by atoms with Crippen molar-refractivity contribution in [1.29, 1.82) is 0 Å². The van der Waals surface area contributed by atoms with E-state index in [-0.39, 0.29) is 0 Å². The Hall–Kier alpha value is -1.69. The molecule has 1 aliphatic heterocycles. The summed E-state index contributed by atoms with van der Waals surface area (Å²) >= 11 is 0. The number of oxazole rings is 1. The minimum absolute atomic E-state index is 0.324. The van der Waals surface area contributed by atoms with Gasteiger partial charge in [-0.25, -0.2) is 4.98 Å². The molecule has 0 unspecified atom stereocenters. The lowest BCUT2D eigenvalue weighted by Gasteiger charge is -2.21. The van der Waals surface area contributed by atoms with Gasteiger partial charge in [-0.2, -0.15) is 0 Å². The molecule has 3 rings (SSSR count). The third-order valence-electron chi connectivity index (χ3n) is 3.42. The zero-order chi connectivity index (χ0) is 12.5. The van der Waals surface area contributed by atoms with Gasteiger partial charge in [-0.15, -0.1) is 10.2 Å². The number of hydrogen-bond acceptors (Lipinski definition) is 5. The second kappa shape index (κ2) is 4.53. The molecular weight excluding hydrogens is 230 g/mol. The van der Waals surface area contributed by atoms with Gasteiger partial charge in [0.1, 0.15) is 17.9 Å². The Kier molecular flexibility index (Phi) is 2.87. The summed E-state index contributed by atoms with van der Waals surface area (Å²) in [6.45, 7) is 3.71. The van der Waals surface area contributed by atoms with Crippen LogP contribution in [-0.4, -0.2) is 31.2 Å². The second-order valence-corrected chi connectivity index (χ2v) is 4.79. The monoisotopic (exact) mass is 247 g/mol. The molecule has 1 atom stereocenters. The number of aromatic nitrogens is 4. The van der Waals surface area contributed by atoms with Gasteiger partial charge in [0.05, 0.1) is 18.8 Å². The lowest BCUT2D eigenvalue weighted by Crippen LogP contribution is -2.25. The predicted molar refractivity (Wildman–Crippen MR) is 64.6 cm³/mol. The number of hydrogen-bond donors (Lipinski definition) is 0. The average molecular weight is 247 g/mol. The largest absolute Gasteiger partial charge is 0.445 e. The van der Waals surface area contributed by atoms with E-state index in [1.54, 1.807) is 12.5 Å². The molecule has 0 spiro atoms. The predicted octanol–water partition coefficient (Wildman–Crippen LogP) is 1.45. The first-order chi connectivity index (χ1) is 8.74. The van der Waals surface area contributed by atoms with E-state index in [1.807, 2.05) is 18.5 Å². The van der Waals surface area contributed by atoms with Crippen molar-refractivity contribution >= 4 is 0 Å². The van der Waals surface area contributed by atoms with Gasteiger partial charge in [0.2, 0.25) is 5.89 Å². The van der Waals surface area contributed by atoms with Gasteiger partial charge < -0.3 is 8.98 Å². The molecule has 1 aliphatic rings. The highest BCUT2D eigenvalue weighted by Crippen LogP contribution is 2.31. The fourth-order valence-corrected chi connectivity index (χ4v) is 2.55. The molecule has 0 aliphatic carbocycles. The van der Waals surface area contributed by atoms with Crippen molar-refractivity contribution in [2.45, 2.75) is 32.4 Å². The summed E-state index contributed by atoms with van der Waals surface area (Å²) < 4.78 is 7.54. The maximum atomic E-state index is 5.55. The van der Waals surface area contributed by atoms with Crippen molar-refractivity contribution in [3.8, 4) is 0 Å². The zero-order valence-corrected chi connectivity index (χ0v) is 10.7. The van der Waals surface area contributed by atoms with Crippen LogP contribution in [-0.2, 0) is 13.6 Å². The molecule has 0 N–H and O–H groups in total. The van der Waals surface area contributed by atoms with Gasteiger partial charge in [0.25, 0.3) is 0 Å². The van der Waals surface area contributed by atoms with Crippen LogP contribution in [0.25, 0.3) is 0 Å². The van der Waals surface area contributed by atoms with Crippen LogP contribution in [0, 0.1) is 6.92 Å². The number of rotatable bonds is 3. The van der Waals surface area contributed by atoms with Crippen LogP contribution < -0.4 is 0 Å². The first-order valence-corrected chi connectivity index (χ1v) is 6.23. The summed E-state index contributed by atoms with van der Waals surface area (Å²) in [6.07, 6.45) is 5.81. The van der Waals surface area contributed by atoms with Gasteiger partial charge in [0, 0.05) is 7.05 Å². The number of likely N-dealkylation sites (tertiary alicyclic amines) is 1. The molecule has 0 saturated carbocycles. The van der Waals surface area contributed by atoms with Crippen LogP contribution in [0.15, 0.2) is 16.9 Å². The first kappa shape index (κ1) is 11.4.